The van der Waals surface area contributed by atoms with E-state index in [4.69, 9.17) is 4.42 Å². The third-order valence-corrected chi connectivity index (χ3v) is 5.64. The zero-order chi connectivity index (χ0) is 19.4. The molecule has 0 spiro atoms. The normalized spacial score (nSPS) is 13.0. The summed E-state index contributed by atoms with van der Waals surface area (Å²) in [5.74, 6) is 0.149. The van der Waals surface area contributed by atoms with Gasteiger partial charge in [-0.2, -0.15) is 0 Å². The molecular weight excluding hydrogens is 370 g/mol. The fourth-order valence-corrected chi connectivity index (χ4v) is 3.91. The average Bonchev–Trinajstić information content (AvgIpc) is 3.47. The Balaban J connectivity index is 1.50. The van der Waals surface area contributed by atoms with Crippen molar-refractivity contribution >= 4 is 17.2 Å². The average molecular weight is 389 g/mol. The maximum atomic E-state index is 12.6. The zero-order valence-corrected chi connectivity index (χ0v) is 15.9. The SMILES string of the molecule is O=C(NCC(O)(c1ccco1)c1cccs1)c1ccc(-c2ccccc2)cc1. The summed E-state index contributed by atoms with van der Waals surface area (Å²) in [5, 5.41) is 15.9. The topological polar surface area (TPSA) is 62.5 Å². The van der Waals surface area contributed by atoms with Crippen LogP contribution in [0.15, 0.2) is 94.9 Å². The molecule has 0 radical (unpaired) electrons. The van der Waals surface area contributed by atoms with Gasteiger partial charge in [0.25, 0.3) is 5.91 Å². The van der Waals surface area contributed by atoms with Crippen LogP contribution in [0.25, 0.3) is 11.1 Å². The second-order valence-corrected chi connectivity index (χ2v) is 7.39. The number of aliphatic hydroxyl groups is 1. The molecule has 0 aliphatic rings. The molecular formula is C23H19NO3S. The highest BCUT2D eigenvalue weighted by Crippen LogP contribution is 2.32. The Labute approximate surface area is 167 Å². The van der Waals surface area contributed by atoms with Crippen molar-refractivity contribution in [1.82, 2.24) is 5.32 Å². The van der Waals surface area contributed by atoms with Crippen LogP contribution < -0.4 is 5.32 Å². The van der Waals surface area contributed by atoms with Gasteiger partial charge in [0.05, 0.1) is 12.8 Å². The summed E-state index contributed by atoms with van der Waals surface area (Å²) >= 11 is 1.41. The van der Waals surface area contributed by atoms with Crippen LogP contribution in [0.3, 0.4) is 0 Å². The van der Waals surface area contributed by atoms with Crippen molar-refractivity contribution in [2.24, 2.45) is 0 Å². The van der Waals surface area contributed by atoms with Gasteiger partial charge in [0.15, 0.2) is 5.60 Å². The summed E-state index contributed by atoms with van der Waals surface area (Å²) in [4.78, 5) is 13.3. The molecule has 0 bridgehead atoms. The van der Waals surface area contributed by atoms with E-state index in [-0.39, 0.29) is 12.5 Å². The van der Waals surface area contributed by atoms with Crippen LogP contribution >= 0.6 is 11.3 Å². The van der Waals surface area contributed by atoms with Crippen LogP contribution in [0.5, 0.6) is 0 Å². The largest absolute Gasteiger partial charge is 0.466 e. The minimum absolute atomic E-state index is 0.0142. The second kappa shape index (κ2) is 7.84. The summed E-state index contributed by atoms with van der Waals surface area (Å²) in [6, 6.07) is 24.5. The lowest BCUT2D eigenvalue weighted by molar-refractivity contribution is 0.0554. The predicted octanol–water partition coefficient (Wildman–Crippen LogP) is 4.67. The summed E-state index contributed by atoms with van der Waals surface area (Å²) in [5.41, 5.74) is 1.27. The molecule has 1 amide bonds. The molecule has 2 aromatic carbocycles. The van der Waals surface area contributed by atoms with E-state index in [2.05, 4.69) is 5.32 Å². The third-order valence-electron chi connectivity index (χ3n) is 4.62. The van der Waals surface area contributed by atoms with E-state index in [0.717, 1.165) is 11.1 Å². The molecule has 2 heterocycles. The van der Waals surface area contributed by atoms with Gasteiger partial charge in [-0.15, -0.1) is 11.3 Å². The van der Waals surface area contributed by atoms with Gasteiger partial charge in [0.1, 0.15) is 5.76 Å². The van der Waals surface area contributed by atoms with E-state index in [0.29, 0.717) is 16.2 Å². The van der Waals surface area contributed by atoms with Gasteiger partial charge in [-0.05, 0) is 46.8 Å². The molecule has 0 aliphatic carbocycles. The minimum Gasteiger partial charge on any atom is -0.466 e. The van der Waals surface area contributed by atoms with Crippen molar-refractivity contribution in [2.75, 3.05) is 6.54 Å². The van der Waals surface area contributed by atoms with Crippen LogP contribution in [0.1, 0.15) is 21.0 Å². The molecule has 0 fully saturated rings. The molecule has 1 atom stereocenters. The van der Waals surface area contributed by atoms with Gasteiger partial charge >= 0.3 is 0 Å². The smallest absolute Gasteiger partial charge is 0.251 e. The number of hydrogen-bond acceptors (Lipinski definition) is 4. The molecule has 0 saturated carbocycles. The van der Waals surface area contributed by atoms with Gasteiger partial charge < -0.3 is 14.8 Å². The highest BCUT2D eigenvalue weighted by Gasteiger charge is 2.36. The van der Waals surface area contributed by atoms with Crippen molar-refractivity contribution in [2.45, 2.75) is 5.60 Å². The van der Waals surface area contributed by atoms with Crippen molar-refractivity contribution in [3.8, 4) is 11.1 Å². The molecule has 2 aromatic heterocycles. The first-order valence-corrected chi connectivity index (χ1v) is 9.79. The van der Waals surface area contributed by atoms with Crippen LogP contribution in [0.4, 0.5) is 0 Å². The molecule has 5 heteroatoms. The molecule has 4 nitrogen and oxygen atoms in total. The van der Waals surface area contributed by atoms with Crippen molar-refractivity contribution in [3.63, 3.8) is 0 Å². The fraction of sp³-hybridized carbons (Fsp3) is 0.0870. The van der Waals surface area contributed by atoms with Crippen molar-refractivity contribution in [1.29, 1.82) is 0 Å². The number of benzene rings is 2. The lowest BCUT2D eigenvalue weighted by Gasteiger charge is -2.25. The summed E-state index contributed by atoms with van der Waals surface area (Å²) in [6.07, 6.45) is 1.51. The second-order valence-electron chi connectivity index (χ2n) is 6.44. The van der Waals surface area contributed by atoms with Gasteiger partial charge in [-0.1, -0.05) is 48.5 Å². The molecule has 2 N–H and O–H groups in total. The number of furan rings is 1. The standard InChI is InChI=1S/C23H19NO3S/c25-22(19-12-10-18(11-13-19)17-6-2-1-3-7-17)24-16-23(26,20-8-4-14-27-20)21-9-5-15-28-21/h1-15,26H,16H2,(H,24,25). The number of hydrogen-bond donors (Lipinski definition) is 2. The van der Waals surface area contributed by atoms with Gasteiger partial charge in [-0.3, -0.25) is 4.79 Å². The first kappa shape index (κ1) is 18.2. The predicted molar refractivity (Wildman–Crippen MR) is 110 cm³/mol. The van der Waals surface area contributed by atoms with E-state index in [1.807, 2.05) is 60.0 Å². The highest BCUT2D eigenvalue weighted by molar-refractivity contribution is 7.10. The van der Waals surface area contributed by atoms with Crippen molar-refractivity contribution in [3.05, 3.63) is 107 Å². The Hall–Kier alpha value is -3.15. The van der Waals surface area contributed by atoms with E-state index >= 15 is 0 Å². The fourth-order valence-electron chi connectivity index (χ4n) is 3.08. The first-order chi connectivity index (χ1) is 13.7. The number of carbonyl (C=O) groups is 1. The van der Waals surface area contributed by atoms with Crippen LogP contribution in [0.2, 0.25) is 0 Å². The number of carbonyl (C=O) groups excluding carboxylic acids is 1. The Morgan fingerprint density at radius 2 is 1.68 bits per heavy atom. The van der Waals surface area contributed by atoms with Crippen LogP contribution in [0, 0.1) is 0 Å². The van der Waals surface area contributed by atoms with E-state index in [1.165, 1.54) is 17.6 Å². The molecule has 4 aromatic rings. The van der Waals surface area contributed by atoms with E-state index in [9.17, 15) is 9.90 Å². The van der Waals surface area contributed by atoms with E-state index in [1.54, 1.807) is 24.3 Å². The van der Waals surface area contributed by atoms with Gasteiger partial charge in [-0.25, -0.2) is 0 Å². The van der Waals surface area contributed by atoms with Gasteiger partial charge in [0.2, 0.25) is 0 Å². The van der Waals surface area contributed by atoms with Crippen LogP contribution in [-0.2, 0) is 5.60 Å². The van der Waals surface area contributed by atoms with E-state index < -0.39 is 5.60 Å². The number of nitrogens with one attached hydrogen (secondary N) is 1. The quantitative estimate of drug-likeness (QED) is 0.504. The third kappa shape index (κ3) is 3.63. The maximum absolute atomic E-state index is 12.6. The minimum atomic E-state index is -1.41. The molecule has 0 saturated heterocycles. The summed E-state index contributed by atoms with van der Waals surface area (Å²) in [6.45, 7) is 0.0142. The number of rotatable bonds is 6. The maximum Gasteiger partial charge on any atom is 0.251 e. The zero-order valence-electron chi connectivity index (χ0n) is 15.0. The Morgan fingerprint density at radius 3 is 2.32 bits per heavy atom. The molecule has 4 rings (SSSR count). The first-order valence-electron chi connectivity index (χ1n) is 8.91. The molecule has 1 unspecified atom stereocenters. The summed E-state index contributed by atoms with van der Waals surface area (Å²) < 4.78 is 5.43. The molecule has 28 heavy (non-hydrogen) atoms. The lowest BCUT2D eigenvalue weighted by Crippen LogP contribution is -2.41. The summed E-state index contributed by atoms with van der Waals surface area (Å²) in [7, 11) is 0. The van der Waals surface area contributed by atoms with Crippen LogP contribution in [-0.4, -0.2) is 17.6 Å². The number of thiophene rings is 1. The lowest BCUT2D eigenvalue weighted by atomic mass is 9.98. The number of amides is 1. The van der Waals surface area contributed by atoms with Crippen molar-refractivity contribution < 1.29 is 14.3 Å². The Bertz CT molecular complexity index is 989. The monoisotopic (exact) mass is 389 g/mol. The molecule has 140 valence electrons. The van der Waals surface area contributed by atoms with Gasteiger partial charge in [0, 0.05) is 10.4 Å². The Kier molecular flexibility index (Phi) is 5.10. The molecule has 0 aliphatic heterocycles. The highest BCUT2D eigenvalue weighted by atomic mass is 32.1. The Morgan fingerprint density at radius 1 is 0.929 bits per heavy atom.